The number of carbonyl (C=O) groups excluding carboxylic acids is 1. The van der Waals surface area contributed by atoms with Crippen LogP contribution in [-0.4, -0.2) is 37.5 Å². The fraction of sp³-hybridized carbons (Fsp3) is 0.381. The zero-order valence-corrected chi connectivity index (χ0v) is 15.4. The Morgan fingerprint density at radius 2 is 1.74 bits per heavy atom. The molecule has 1 saturated heterocycles. The fourth-order valence-corrected chi connectivity index (χ4v) is 3.30. The second kappa shape index (κ2) is 8.95. The monoisotopic (exact) mass is 374 g/mol. The second-order valence-electron chi connectivity index (χ2n) is 6.83. The first-order valence-electron chi connectivity index (χ1n) is 9.23. The Kier molecular flexibility index (Phi) is 6.40. The number of likely N-dealkylation sites (tertiary alicyclic amines) is 1. The van der Waals surface area contributed by atoms with Gasteiger partial charge in [0.15, 0.2) is 11.6 Å². The molecule has 4 nitrogen and oxygen atoms in total. The maximum Gasteiger partial charge on any atom is 0.253 e. The SMILES string of the molecule is CNCCC1CCN(C(=O)c2ccc(Oc3ccc(F)c(F)c3)cc2)CC1. The minimum atomic E-state index is -0.961. The molecule has 1 aliphatic rings. The Morgan fingerprint density at radius 3 is 2.37 bits per heavy atom. The topological polar surface area (TPSA) is 41.6 Å². The molecular weight excluding hydrogens is 350 g/mol. The van der Waals surface area contributed by atoms with Crippen LogP contribution in [0.4, 0.5) is 8.78 Å². The Morgan fingerprint density at radius 1 is 1.07 bits per heavy atom. The molecule has 2 aromatic carbocycles. The van der Waals surface area contributed by atoms with E-state index in [-0.39, 0.29) is 11.7 Å². The summed E-state index contributed by atoms with van der Waals surface area (Å²) in [6.45, 7) is 2.57. The van der Waals surface area contributed by atoms with Crippen molar-refractivity contribution in [2.45, 2.75) is 19.3 Å². The summed E-state index contributed by atoms with van der Waals surface area (Å²) in [5.74, 6) is -0.523. The molecule has 0 unspecified atom stereocenters. The lowest BCUT2D eigenvalue weighted by Crippen LogP contribution is -2.38. The van der Waals surface area contributed by atoms with Crippen LogP contribution in [0, 0.1) is 17.6 Å². The zero-order valence-electron chi connectivity index (χ0n) is 15.4. The van der Waals surface area contributed by atoms with Gasteiger partial charge in [0.25, 0.3) is 5.91 Å². The summed E-state index contributed by atoms with van der Waals surface area (Å²) >= 11 is 0. The summed E-state index contributed by atoms with van der Waals surface area (Å²) in [5, 5.41) is 3.17. The maximum absolute atomic E-state index is 13.2. The van der Waals surface area contributed by atoms with Crippen LogP contribution in [-0.2, 0) is 0 Å². The summed E-state index contributed by atoms with van der Waals surface area (Å²) in [6.07, 6.45) is 3.21. The number of halogens is 2. The number of carbonyl (C=O) groups is 1. The quantitative estimate of drug-likeness (QED) is 0.823. The van der Waals surface area contributed by atoms with Crippen molar-refractivity contribution in [1.82, 2.24) is 10.2 Å². The molecule has 1 heterocycles. The lowest BCUT2D eigenvalue weighted by Gasteiger charge is -2.32. The molecule has 0 saturated carbocycles. The van der Waals surface area contributed by atoms with E-state index in [0.717, 1.165) is 51.0 Å². The van der Waals surface area contributed by atoms with Gasteiger partial charge in [0.1, 0.15) is 11.5 Å². The van der Waals surface area contributed by atoms with Crippen LogP contribution in [0.2, 0.25) is 0 Å². The molecule has 2 aromatic rings. The van der Waals surface area contributed by atoms with E-state index in [9.17, 15) is 13.6 Å². The summed E-state index contributed by atoms with van der Waals surface area (Å²) < 4.78 is 31.7. The maximum atomic E-state index is 13.2. The van der Waals surface area contributed by atoms with E-state index in [1.54, 1.807) is 24.3 Å². The number of hydrogen-bond acceptors (Lipinski definition) is 3. The van der Waals surface area contributed by atoms with Crippen LogP contribution in [0.15, 0.2) is 42.5 Å². The van der Waals surface area contributed by atoms with Crippen molar-refractivity contribution in [3.8, 4) is 11.5 Å². The van der Waals surface area contributed by atoms with Crippen molar-refractivity contribution in [1.29, 1.82) is 0 Å². The summed E-state index contributed by atoms with van der Waals surface area (Å²) in [5.41, 5.74) is 0.598. The number of piperidine rings is 1. The Hall–Kier alpha value is -2.47. The van der Waals surface area contributed by atoms with Crippen molar-refractivity contribution in [3.05, 3.63) is 59.7 Å². The first-order valence-corrected chi connectivity index (χ1v) is 9.23. The first kappa shape index (κ1) is 19.3. The van der Waals surface area contributed by atoms with Gasteiger partial charge < -0.3 is 15.0 Å². The molecule has 3 rings (SSSR count). The van der Waals surface area contributed by atoms with Gasteiger partial charge >= 0.3 is 0 Å². The number of nitrogens with one attached hydrogen (secondary N) is 1. The molecular formula is C21H24F2N2O2. The molecule has 0 radical (unpaired) electrons. The molecule has 0 aromatic heterocycles. The van der Waals surface area contributed by atoms with Crippen LogP contribution in [0.5, 0.6) is 11.5 Å². The summed E-state index contributed by atoms with van der Waals surface area (Å²) in [6, 6.07) is 10.1. The lowest BCUT2D eigenvalue weighted by molar-refractivity contribution is 0.0687. The van der Waals surface area contributed by atoms with E-state index in [2.05, 4.69) is 5.32 Å². The number of benzene rings is 2. The highest BCUT2D eigenvalue weighted by molar-refractivity contribution is 5.94. The van der Waals surface area contributed by atoms with Crippen LogP contribution in [0.1, 0.15) is 29.6 Å². The average Bonchev–Trinajstić information content (AvgIpc) is 2.70. The fourth-order valence-electron chi connectivity index (χ4n) is 3.30. The second-order valence-corrected chi connectivity index (χ2v) is 6.83. The molecule has 0 aliphatic carbocycles. The lowest BCUT2D eigenvalue weighted by atomic mass is 9.93. The minimum absolute atomic E-state index is 0.0152. The standard InChI is InChI=1S/C21H24F2N2O2/c1-24-11-8-15-9-12-25(13-10-15)21(26)16-2-4-17(5-3-16)27-18-6-7-19(22)20(23)14-18/h2-7,14-15,24H,8-13H2,1H3. The van der Waals surface area contributed by atoms with Gasteiger partial charge in [0.05, 0.1) is 0 Å². The molecule has 27 heavy (non-hydrogen) atoms. The molecule has 1 aliphatic heterocycles. The van der Waals surface area contributed by atoms with Gasteiger partial charge in [0, 0.05) is 24.7 Å². The van der Waals surface area contributed by atoms with Crippen molar-refractivity contribution in [2.24, 2.45) is 5.92 Å². The highest BCUT2D eigenvalue weighted by Crippen LogP contribution is 2.25. The van der Waals surface area contributed by atoms with E-state index >= 15 is 0 Å². The number of ether oxygens (including phenoxy) is 1. The van der Waals surface area contributed by atoms with Gasteiger partial charge in [0.2, 0.25) is 0 Å². The van der Waals surface area contributed by atoms with Crippen molar-refractivity contribution in [3.63, 3.8) is 0 Å². The van der Waals surface area contributed by atoms with Gasteiger partial charge in [-0.2, -0.15) is 0 Å². The van der Waals surface area contributed by atoms with Crippen LogP contribution < -0.4 is 10.1 Å². The Balaban J connectivity index is 1.57. The highest BCUT2D eigenvalue weighted by atomic mass is 19.2. The number of nitrogens with zero attached hydrogens (tertiary/aromatic N) is 1. The molecule has 1 fully saturated rings. The molecule has 1 amide bonds. The van der Waals surface area contributed by atoms with E-state index in [4.69, 9.17) is 4.74 Å². The number of rotatable bonds is 6. The van der Waals surface area contributed by atoms with Gasteiger partial charge in [-0.25, -0.2) is 8.78 Å². The van der Waals surface area contributed by atoms with Crippen LogP contribution in [0.25, 0.3) is 0 Å². The van der Waals surface area contributed by atoms with Crippen LogP contribution >= 0.6 is 0 Å². The minimum Gasteiger partial charge on any atom is -0.457 e. The predicted octanol–water partition coefficient (Wildman–Crippen LogP) is 4.22. The summed E-state index contributed by atoms with van der Waals surface area (Å²) in [4.78, 5) is 14.5. The van der Waals surface area contributed by atoms with Gasteiger partial charge in [-0.1, -0.05) is 0 Å². The molecule has 144 valence electrons. The van der Waals surface area contributed by atoms with Gasteiger partial charge in [-0.05, 0) is 75.2 Å². The average molecular weight is 374 g/mol. The smallest absolute Gasteiger partial charge is 0.253 e. The Bertz CT molecular complexity index is 772. The van der Waals surface area contributed by atoms with Crippen molar-refractivity contribution >= 4 is 5.91 Å². The highest BCUT2D eigenvalue weighted by Gasteiger charge is 2.23. The number of amides is 1. The Labute approximate surface area is 158 Å². The van der Waals surface area contributed by atoms with Crippen molar-refractivity contribution < 1.29 is 18.3 Å². The van der Waals surface area contributed by atoms with E-state index < -0.39 is 11.6 Å². The van der Waals surface area contributed by atoms with Crippen LogP contribution in [0.3, 0.4) is 0 Å². The van der Waals surface area contributed by atoms with E-state index in [1.807, 2.05) is 11.9 Å². The molecule has 1 N–H and O–H groups in total. The molecule has 0 bridgehead atoms. The predicted molar refractivity (Wildman–Crippen MR) is 100 cm³/mol. The molecule has 6 heteroatoms. The zero-order chi connectivity index (χ0) is 19.2. The third kappa shape index (κ3) is 5.04. The molecule has 0 spiro atoms. The van der Waals surface area contributed by atoms with Gasteiger partial charge in [-0.3, -0.25) is 4.79 Å². The number of hydrogen-bond donors (Lipinski definition) is 1. The van der Waals surface area contributed by atoms with Gasteiger partial charge in [-0.15, -0.1) is 0 Å². The third-order valence-electron chi connectivity index (χ3n) is 4.93. The van der Waals surface area contributed by atoms with E-state index in [1.165, 1.54) is 6.07 Å². The largest absolute Gasteiger partial charge is 0.457 e. The van der Waals surface area contributed by atoms with E-state index in [0.29, 0.717) is 17.2 Å². The third-order valence-corrected chi connectivity index (χ3v) is 4.93. The normalized spacial score (nSPS) is 15.0. The summed E-state index contributed by atoms with van der Waals surface area (Å²) in [7, 11) is 1.96. The first-order chi connectivity index (χ1) is 13.1. The molecule has 0 atom stereocenters. The van der Waals surface area contributed by atoms with Crippen molar-refractivity contribution in [2.75, 3.05) is 26.7 Å².